The smallest absolute Gasteiger partial charge is 0.262 e. The lowest BCUT2D eigenvalue weighted by Crippen LogP contribution is -2.20. The van der Waals surface area contributed by atoms with E-state index < -0.39 is 0 Å². The van der Waals surface area contributed by atoms with Crippen LogP contribution in [0.4, 0.5) is 15.8 Å². The molecule has 170 valence electrons. The van der Waals surface area contributed by atoms with Crippen LogP contribution >= 0.6 is 0 Å². The van der Waals surface area contributed by atoms with E-state index in [1.165, 1.54) is 24.3 Å². The second kappa shape index (κ2) is 10.8. The number of benzene rings is 4. The van der Waals surface area contributed by atoms with Crippen molar-refractivity contribution >= 4 is 23.2 Å². The third kappa shape index (κ3) is 6.43. The van der Waals surface area contributed by atoms with E-state index in [0.29, 0.717) is 28.4 Å². The molecule has 0 saturated heterocycles. The Morgan fingerprint density at radius 2 is 1.21 bits per heavy atom. The van der Waals surface area contributed by atoms with Gasteiger partial charge in [0.05, 0.1) is 0 Å². The summed E-state index contributed by atoms with van der Waals surface area (Å²) in [7, 11) is 0. The van der Waals surface area contributed by atoms with Crippen molar-refractivity contribution in [3.63, 3.8) is 0 Å². The molecular weight excluding hydrogens is 435 g/mol. The molecular formula is C27H21FN2O4. The van der Waals surface area contributed by atoms with E-state index in [2.05, 4.69) is 10.6 Å². The van der Waals surface area contributed by atoms with Crippen LogP contribution in [0.1, 0.15) is 10.4 Å². The Morgan fingerprint density at radius 3 is 1.88 bits per heavy atom. The summed E-state index contributed by atoms with van der Waals surface area (Å²) in [5, 5.41) is 5.43. The van der Waals surface area contributed by atoms with Gasteiger partial charge in [0.2, 0.25) is 0 Å². The van der Waals surface area contributed by atoms with Crippen molar-refractivity contribution in [1.29, 1.82) is 0 Å². The second-order valence-corrected chi connectivity index (χ2v) is 7.26. The van der Waals surface area contributed by atoms with E-state index in [-0.39, 0.29) is 24.2 Å². The molecule has 6 nitrogen and oxygen atoms in total. The maximum atomic E-state index is 13.0. The van der Waals surface area contributed by atoms with Crippen molar-refractivity contribution in [2.45, 2.75) is 0 Å². The number of anilines is 2. The minimum absolute atomic E-state index is 0.191. The predicted octanol–water partition coefficient (Wildman–Crippen LogP) is 5.89. The largest absolute Gasteiger partial charge is 0.484 e. The Bertz CT molecular complexity index is 1240. The van der Waals surface area contributed by atoms with Gasteiger partial charge in [0.15, 0.2) is 6.61 Å². The van der Waals surface area contributed by atoms with E-state index in [9.17, 15) is 14.0 Å². The summed E-state index contributed by atoms with van der Waals surface area (Å²) < 4.78 is 24.2. The molecule has 34 heavy (non-hydrogen) atoms. The minimum Gasteiger partial charge on any atom is -0.484 e. The maximum absolute atomic E-state index is 13.0. The number of hydrogen-bond acceptors (Lipinski definition) is 4. The third-order valence-corrected chi connectivity index (χ3v) is 4.71. The number of carbonyl (C=O) groups is 2. The lowest BCUT2D eigenvalue weighted by atomic mass is 10.2. The molecule has 0 saturated carbocycles. The van der Waals surface area contributed by atoms with Crippen LogP contribution in [0.3, 0.4) is 0 Å². The summed E-state index contributed by atoms with van der Waals surface area (Å²) in [5.41, 5.74) is 1.50. The predicted molar refractivity (Wildman–Crippen MR) is 128 cm³/mol. The maximum Gasteiger partial charge on any atom is 0.262 e. The van der Waals surface area contributed by atoms with Crippen LogP contribution in [0.2, 0.25) is 0 Å². The van der Waals surface area contributed by atoms with Crippen molar-refractivity contribution < 1.29 is 23.5 Å². The average Bonchev–Trinajstić information content (AvgIpc) is 2.86. The van der Waals surface area contributed by atoms with Gasteiger partial charge in [-0.1, -0.05) is 18.2 Å². The molecule has 4 aromatic carbocycles. The zero-order valence-corrected chi connectivity index (χ0v) is 18.0. The number of rotatable bonds is 8. The molecule has 0 fully saturated rings. The fourth-order valence-electron chi connectivity index (χ4n) is 3.02. The highest BCUT2D eigenvalue weighted by Crippen LogP contribution is 2.22. The zero-order chi connectivity index (χ0) is 23.8. The van der Waals surface area contributed by atoms with Crippen LogP contribution in [0.5, 0.6) is 17.2 Å². The Balaban J connectivity index is 1.24. The first-order valence-electron chi connectivity index (χ1n) is 10.5. The van der Waals surface area contributed by atoms with Crippen LogP contribution in [-0.4, -0.2) is 18.4 Å². The van der Waals surface area contributed by atoms with Crippen molar-refractivity contribution in [2.24, 2.45) is 0 Å². The fraction of sp³-hybridized carbons (Fsp3) is 0.0370. The molecule has 0 bridgehead atoms. The zero-order valence-electron chi connectivity index (χ0n) is 18.0. The summed E-state index contributed by atoms with van der Waals surface area (Å²) >= 11 is 0. The molecule has 7 heteroatoms. The quantitative estimate of drug-likeness (QED) is 0.347. The molecule has 0 radical (unpaired) electrons. The molecule has 0 spiro atoms. The monoisotopic (exact) mass is 456 g/mol. The first kappa shape index (κ1) is 22.5. The minimum atomic E-state index is -0.377. The summed E-state index contributed by atoms with van der Waals surface area (Å²) in [4.78, 5) is 24.5. The lowest BCUT2D eigenvalue weighted by molar-refractivity contribution is -0.118. The number of hydrogen-bond donors (Lipinski definition) is 2. The molecule has 0 aliphatic carbocycles. The van der Waals surface area contributed by atoms with Crippen LogP contribution in [-0.2, 0) is 4.79 Å². The Kier molecular flexibility index (Phi) is 7.15. The van der Waals surface area contributed by atoms with Crippen molar-refractivity contribution in [1.82, 2.24) is 0 Å². The highest BCUT2D eigenvalue weighted by molar-refractivity contribution is 6.04. The van der Waals surface area contributed by atoms with Crippen molar-refractivity contribution in [3.8, 4) is 17.2 Å². The van der Waals surface area contributed by atoms with Gasteiger partial charge in [-0.15, -0.1) is 0 Å². The van der Waals surface area contributed by atoms with Crippen LogP contribution in [0.25, 0.3) is 0 Å². The Morgan fingerprint density at radius 1 is 0.647 bits per heavy atom. The van der Waals surface area contributed by atoms with Gasteiger partial charge in [0.1, 0.15) is 23.1 Å². The van der Waals surface area contributed by atoms with Gasteiger partial charge < -0.3 is 20.1 Å². The van der Waals surface area contributed by atoms with E-state index in [4.69, 9.17) is 9.47 Å². The van der Waals surface area contributed by atoms with Crippen LogP contribution in [0, 0.1) is 5.82 Å². The normalized spacial score (nSPS) is 10.3. The Hall–Kier alpha value is -4.65. The summed E-state index contributed by atoms with van der Waals surface area (Å²) in [6.45, 7) is -0.191. The average molecular weight is 456 g/mol. The first-order chi connectivity index (χ1) is 16.5. The van der Waals surface area contributed by atoms with Gasteiger partial charge in [0.25, 0.3) is 11.8 Å². The Labute approximate surface area is 196 Å². The van der Waals surface area contributed by atoms with Gasteiger partial charge in [-0.2, -0.15) is 0 Å². The molecule has 4 rings (SSSR count). The summed E-state index contributed by atoms with van der Waals surface area (Å²) in [5.74, 6) is 0.791. The highest BCUT2D eigenvalue weighted by Gasteiger charge is 2.08. The van der Waals surface area contributed by atoms with E-state index >= 15 is 0 Å². The molecule has 0 atom stereocenters. The molecule has 4 aromatic rings. The highest BCUT2D eigenvalue weighted by atomic mass is 19.1. The SMILES string of the molecule is O=C(COc1ccc(C(=O)Nc2ccc(F)cc2)cc1)Nc1ccc(Oc2ccccc2)cc1. The molecule has 0 aliphatic heterocycles. The second-order valence-electron chi connectivity index (χ2n) is 7.26. The van der Waals surface area contributed by atoms with E-state index in [0.717, 1.165) is 5.75 Å². The molecule has 2 N–H and O–H groups in total. The van der Waals surface area contributed by atoms with Crippen molar-refractivity contribution in [3.05, 3.63) is 115 Å². The topological polar surface area (TPSA) is 76.7 Å². The number of para-hydroxylation sites is 1. The lowest BCUT2D eigenvalue weighted by Gasteiger charge is -2.10. The van der Waals surface area contributed by atoms with Crippen LogP contribution in [0.15, 0.2) is 103 Å². The molecule has 2 amide bonds. The fourth-order valence-corrected chi connectivity index (χ4v) is 3.02. The van der Waals surface area contributed by atoms with E-state index in [1.807, 2.05) is 30.3 Å². The summed E-state index contributed by atoms with van der Waals surface area (Å²) in [6.07, 6.45) is 0. The number of nitrogens with one attached hydrogen (secondary N) is 2. The van der Waals surface area contributed by atoms with Gasteiger partial charge >= 0.3 is 0 Å². The van der Waals surface area contributed by atoms with Gasteiger partial charge in [0, 0.05) is 16.9 Å². The number of carbonyl (C=O) groups excluding carboxylic acids is 2. The number of halogens is 1. The molecule has 0 aromatic heterocycles. The standard InChI is InChI=1S/C27H21FN2O4/c28-20-8-10-22(11-9-20)30-27(32)19-6-14-23(15-7-19)33-18-26(31)29-21-12-16-25(17-13-21)34-24-4-2-1-3-5-24/h1-17H,18H2,(H,29,31)(H,30,32). The third-order valence-electron chi connectivity index (χ3n) is 4.71. The number of ether oxygens (including phenoxy) is 2. The molecule has 0 aliphatic rings. The van der Waals surface area contributed by atoms with Gasteiger partial charge in [-0.25, -0.2) is 4.39 Å². The summed E-state index contributed by atoms with van der Waals surface area (Å²) in [6, 6.07) is 28.3. The molecule has 0 unspecified atom stereocenters. The van der Waals surface area contributed by atoms with Crippen LogP contribution < -0.4 is 20.1 Å². The van der Waals surface area contributed by atoms with E-state index in [1.54, 1.807) is 48.5 Å². The molecule has 0 heterocycles. The van der Waals surface area contributed by atoms with Crippen molar-refractivity contribution in [2.75, 3.05) is 17.2 Å². The van der Waals surface area contributed by atoms with Gasteiger partial charge in [-0.05, 0) is 84.9 Å². The number of amides is 2. The first-order valence-corrected chi connectivity index (χ1v) is 10.5. The van der Waals surface area contributed by atoms with Gasteiger partial charge in [-0.3, -0.25) is 9.59 Å².